The van der Waals surface area contributed by atoms with E-state index in [9.17, 15) is 4.79 Å². The first-order valence-electron chi connectivity index (χ1n) is 3.77. The molecule has 0 bridgehead atoms. The van der Waals surface area contributed by atoms with E-state index in [0.717, 1.165) is 12.8 Å². The molecule has 1 heterocycles. The molecule has 1 unspecified atom stereocenters. The highest BCUT2D eigenvalue weighted by Crippen LogP contribution is 2.33. The smallest absolute Gasteiger partial charge is 0.312 e. The number of halogens is 1. The third-order valence-corrected chi connectivity index (χ3v) is 2.88. The summed E-state index contributed by atoms with van der Waals surface area (Å²) in [6, 6.07) is -0.491. The van der Waals surface area contributed by atoms with Crippen LogP contribution in [-0.2, 0) is 0 Å². The first-order valence-corrected chi connectivity index (χ1v) is 4.65. The molecule has 1 rings (SSSR count). The molecule has 76 valence electrons. The summed E-state index contributed by atoms with van der Waals surface area (Å²) in [4.78, 5) is 10.1. The minimum absolute atomic E-state index is 0. The topological polar surface area (TPSA) is 81.1 Å². The van der Waals surface area contributed by atoms with Crippen LogP contribution in [0.3, 0.4) is 0 Å². The molecule has 0 saturated heterocycles. The summed E-state index contributed by atoms with van der Waals surface area (Å²) in [6.07, 6.45) is 3.64. The van der Waals surface area contributed by atoms with Gasteiger partial charge in [0.05, 0.1) is 4.87 Å². The number of thioether (sulfide) groups is 1. The molecule has 0 spiro atoms. The van der Waals surface area contributed by atoms with Crippen LogP contribution in [0.1, 0.15) is 12.8 Å². The largest absolute Gasteiger partial charge is 0.352 e. The number of urea groups is 1. The van der Waals surface area contributed by atoms with Crippen molar-refractivity contribution in [2.24, 2.45) is 11.5 Å². The quantitative estimate of drug-likeness (QED) is 0.661. The van der Waals surface area contributed by atoms with E-state index < -0.39 is 6.03 Å². The zero-order valence-corrected chi connectivity index (χ0v) is 8.79. The van der Waals surface area contributed by atoms with Gasteiger partial charge in [-0.15, -0.1) is 24.2 Å². The van der Waals surface area contributed by atoms with Gasteiger partial charge in [-0.05, 0) is 18.2 Å². The second-order valence-electron chi connectivity index (χ2n) is 2.80. The lowest BCUT2D eigenvalue weighted by Gasteiger charge is -2.21. The Kier molecular flexibility index (Phi) is 5.20. The Morgan fingerprint density at radius 2 is 2.38 bits per heavy atom. The van der Waals surface area contributed by atoms with Crippen molar-refractivity contribution in [3.05, 3.63) is 11.5 Å². The predicted molar refractivity (Wildman–Crippen MR) is 57.7 cm³/mol. The lowest BCUT2D eigenvalue weighted by atomic mass is 10.1. The van der Waals surface area contributed by atoms with E-state index in [2.05, 4.69) is 5.32 Å². The van der Waals surface area contributed by atoms with Gasteiger partial charge in [-0.1, -0.05) is 6.08 Å². The molecule has 6 heteroatoms. The fourth-order valence-corrected chi connectivity index (χ4v) is 1.91. The van der Waals surface area contributed by atoms with Gasteiger partial charge in [0.25, 0.3) is 0 Å². The Morgan fingerprint density at radius 1 is 1.69 bits per heavy atom. The second kappa shape index (κ2) is 5.36. The van der Waals surface area contributed by atoms with Gasteiger partial charge in [0.2, 0.25) is 0 Å². The van der Waals surface area contributed by atoms with Gasteiger partial charge in [-0.2, -0.15) is 0 Å². The van der Waals surface area contributed by atoms with Gasteiger partial charge >= 0.3 is 6.03 Å². The van der Waals surface area contributed by atoms with E-state index in [0.29, 0.717) is 6.54 Å². The molecular formula is C7H14ClN3OS. The minimum atomic E-state index is -0.491. The van der Waals surface area contributed by atoms with E-state index in [1.165, 1.54) is 0 Å². The zero-order valence-electron chi connectivity index (χ0n) is 7.16. The highest BCUT2D eigenvalue weighted by molar-refractivity contribution is 8.03. The number of carbonyl (C=O) groups is 1. The molecule has 0 aromatic carbocycles. The first kappa shape index (κ1) is 12.6. The lowest BCUT2D eigenvalue weighted by Crippen LogP contribution is -2.39. The molecule has 1 atom stereocenters. The van der Waals surface area contributed by atoms with Gasteiger partial charge in [-0.3, -0.25) is 0 Å². The summed E-state index contributed by atoms with van der Waals surface area (Å²) >= 11 is 1.60. The molecule has 0 aromatic heterocycles. The molecule has 0 aromatic rings. The molecular weight excluding hydrogens is 210 g/mol. The number of hydrogen-bond acceptors (Lipinski definition) is 3. The fraction of sp³-hybridized carbons (Fsp3) is 0.571. The molecule has 1 aliphatic rings. The maximum atomic E-state index is 10.3. The van der Waals surface area contributed by atoms with E-state index in [1.807, 2.05) is 11.5 Å². The number of nitrogens with one attached hydrogen (secondary N) is 1. The number of rotatable bonds is 3. The molecule has 0 aliphatic carbocycles. The summed E-state index contributed by atoms with van der Waals surface area (Å²) in [5.74, 6) is 0. The maximum absolute atomic E-state index is 10.3. The van der Waals surface area contributed by atoms with Crippen molar-refractivity contribution < 1.29 is 4.79 Å². The van der Waals surface area contributed by atoms with Crippen molar-refractivity contribution in [3.8, 4) is 0 Å². The van der Waals surface area contributed by atoms with E-state index in [-0.39, 0.29) is 17.3 Å². The number of amides is 2. The molecule has 4 nitrogen and oxygen atoms in total. The van der Waals surface area contributed by atoms with Crippen molar-refractivity contribution in [2.75, 3.05) is 6.54 Å². The van der Waals surface area contributed by atoms with Crippen molar-refractivity contribution in [1.82, 2.24) is 5.32 Å². The van der Waals surface area contributed by atoms with Crippen molar-refractivity contribution in [1.29, 1.82) is 0 Å². The van der Waals surface area contributed by atoms with Gasteiger partial charge in [0.1, 0.15) is 0 Å². The summed E-state index contributed by atoms with van der Waals surface area (Å²) in [7, 11) is 0. The van der Waals surface area contributed by atoms with Crippen molar-refractivity contribution in [3.63, 3.8) is 0 Å². The molecule has 0 fully saturated rings. The Balaban J connectivity index is 0.00000144. The van der Waals surface area contributed by atoms with Crippen LogP contribution in [0.2, 0.25) is 0 Å². The number of nitrogens with two attached hydrogens (primary N) is 2. The van der Waals surface area contributed by atoms with Crippen LogP contribution in [0.25, 0.3) is 0 Å². The molecule has 1 aliphatic heterocycles. The summed E-state index contributed by atoms with van der Waals surface area (Å²) < 4.78 is 0. The Bertz CT molecular complexity index is 202. The predicted octanol–water partition coefficient (Wildman–Crippen LogP) is 0.772. The van der Waals surface area contributed by atoms with Gasteiger partial charge < -0.3 is 16.8 Å². The van der Waals surface area contributed by atoms with Crippen LogP contribution in [0.5, 0.6) is 0 Å². The molecule has 0 saturated carbocycles. The lowest BCUT2D eigenvalue weighted by molar-refractivity contribution is 0.248. The fourth-order valence-electron chi connectivity index (χ4n) is 1.04. The second-order valence-corrected chi connectivity index (χ2v) is 4.12. The molecule has 5 N–H and O–H groups in total. The van der Waals surface area contributed by atoms with Gasteiger partial charge in [0.15, 0.2) is 0 Å². The monoisotopic (exact) mass is 223 g/mol. The third-order valence-electron chi connectivity index (χ3n) is 1.71. The molecule has 2 amide bonds. The molecule has 13 heavy (non-hydrogen) atoms. The summed E-state index contributed by atoms with van der Waals surface area (Å²) in [5, 5.41) is 4.51. The zero-order chi connectivity index (χ0) is 9.03. The Hall–Kier alpha value is -0.390. The van der Waals surface area contributed by atoms with Crippen LogP contribution >= 0.6 is 24.2 Å². The third kappa shape index (κ3) is 4.40. The molecule has 0 radical (unpaired) electrons. The first-order chi connectivity index (χ1) is 5.62. The summed E-state index contributed by atoms with van der Waals surface area (Å²) in [5.41, 5.74) is 10.9. The number of primary amides is 1. The Labute approximate surface area is 87.9 Å². The summed E-state index contributed by atoms with van der Waals surface area (Å²) in [6.45, 7) is 0.542. The Morgan fingerprint density at radius 3 is 2.85 bits per heavy atom. The standard InChI is InChI=1S/C7H13N3OS.ClH/c8-6(11)10-4-3-7(9)2-1-5-12-7;/h1,5H,2-4,9H2,(H3,8,10,11);1H. The number of carbonyl (C=O) groups excluding carboxylic acids is 1. The average Bonchev–Trinajstić information content (AvgIpc) is 2.35. The normalized spacial score (nSPS) is 25.3. The van der Waals surface area contributed by atoms with Crippen LogP contribution < -0.4 is 16.8 Å². The number of hydrogen-bond donors (Lipinski definition) is 3. The average molecular weight is 224 g/mol. The van der Waals surface area contributed by atoms with Crippen LogP contribution in [0.4, 0.5) is 4.79 Å². The van der Waals surface area contributed by atoms with Crippen molar-refractivity contribution >= 4 is 30.2 Å². The van der Waals surface area contributed by atoms with E-state index in [1.54, 1.807) is 11.8 Å². The van der Waals surface area contributed by atoms with Crippen LogP contribution in [0.15, 0.2) is 11.5 Å². The van der Waals surface area contributed by atoms with E-state index >= 15 is 0 Å². The highest BCUT2D eigenvalue weighted by atomic mass is 35.5. The SMILES string of the molecule is Cl.NC(=O)NCCC1(N)CC=CS1. The van der Waals surface area contributed by atoms with Gasteiger partial charge in [0, 0.05) is 6.54 Å². The van der Waals surface area contributed by atoms with Crippen LogP contribution in [-0.4, -0.2) is 17.4 Å². The maximum Gasteiger partial charge on any atom is 0.312 e. The van der Waals surface area contributed by atoms with Crippen LogP contribution in [0, 0.1) is 0 Å². The highest BCUT2D eigenvalue weighted by Gasteiger charge is 2.26. The van der Waals surface area contributed by atoms with Crippen molar-refractivity contribution in [2.45, 2.75) is 17.7 Å². The van der Waals surface area contributed by atoms with Gasteiger partial charge in [-0.25, -0.2) is 4.79 Å². The minimum Gasteiger partial charge on any atom is -0.352 e. The van der Waals surface area contributed by atoms with E-state index in [4.69, 9.17) is 11.5 Å².